The fourth-order valence-electron chi connectivity index (χ4n) is 3.48. The molecule has 0 bridgehead atoms. The van der Waals surface area contributed by atoms with Crippen LogP contribution in [-0.4, -0.2) is 43.1 Å². The second kappa shape index (κ2) is 5.68. The van der Waals surface area contributed by atoms with Crippen molar-refractivity contribution in [1.82, 2.24) is 9.03 Å². The summed E-state index contributed by atoms with van der Waals surface area (Å²) in [6.45, 7) is 5.25. The van der Waals surface area contributed by atoms with Crippen molar-refractivity contribution in [3.63, 3.8) is 0 Å². The van der Waals surface area contributed by atoms with Gasteiger partial charge in [-0.2, -0.15) is 17.4 Å². The lowest BCUT2D eigenvalue weighted by molar-refractivity contribution is 0.175. The average molecular weight is 290 g/mol. The van der Waals surface area contributed by atoms with Crippen molar-refractivity contribution >= 4 is 10.2 Å². The van der Waals surface area contributed by atoms with Crippen molar-refractivity contribution in [3.8, 4) is 0 Å². The van der Waals surface area contributed by atoms with Crippen LogP contribution in [-0.2, 0) is 10.2 Å². The van der Waals surface area contributed by atoms with Gasteiger partial charge in [0.05, 0.1) is 12.1 Å². The van der Waals surface area contributed by atoms with Crippen LogP contribution in [0.1, 0.15) is 46.0 Å². The molecule has 0 amide bonds. The van der Waals surface area contributed by atoms with Crippen LogP contribution in [0.3, 0.4) is 0 Å². The van der Waals surface area contributed by atoms with E-state index in [9.17, 15) is 13.5 Å². The summed E-state index contributed by atoms with van der Waals surface area (Å²) in [4.78, 5) is 0. The average Bonchev–Trinajstić information content (AvgIpc) is 2.76. The first-order chi connectivity index (χ1) is 8.87. The van der Waals surface area contributed by atoms with E-state index in [1.807, 2.05) is 0 Å². The van der Waals surface area contributed by atoms with Crippen LogP contribution in [0.15, 0.2) is 0 Å². The first-order valence-corrected chi connectivity index (χ1v) is 8.71. The van der Waals surface area contributed by atoms with Gasteiger partial charge >= 0.3 is 0 Å². The number of nitrogens with one attached hydrogen (secondary N) is 1. The molecular weight excluding hydrogens is 264 g/mol. The van der Waals surface area contributed by atoms with Gasteiger partial charge in [0.1, 0.15) is 0 Å². The Balaban J connectivity index is 2.09. The lowest BCUT2D eigenvalue weighted by Crippen LogP contribution is -2.56. The molecule has 0 aromatic heterocycles. The zero-order valence-electron chi connectivity index (χ0n) is 11.9. The highest BCUT2D eigenvalue weighted by atomic mass is 32.2. The topological polar surface area (TPSA) is 69.6 Å². The smallest absolute Gasteiger partial charge is 0.280 e. The van der Waals surface area contributed by atoms with E-state index in [0.717, 1.165) is 32.1 Å². The van der Waals surface area contributed by atoms with E-state index in [-0.39, 0.29) is 6.61 Å². The van der Waals surface area contributed by atoms with Crippen LogP contribution in [0, 0.1) is 11.8 Å². The Hall–Kier alpha value is -0.170. The number of rotatable bonds is 4. The Morgan fingerprint density at radius 2 is 1.74 bits per heavy atom. The molecule has 0 aromatic carbocycles. The summed E-state index contributed by atoms with van der Waals surface area (Å²) in [6, 6.07) is 0. The van der Waals surface area contributed by atoms with Crippen LogP contribution in [0.5, 0.6) is 0 Å². The summed E-state index contributed by atoms with van der Waals surface area (Å²) in [7, 11) is -3.48. The molecular formula is C13H26N2O3S. The molecule has 5 nitrogen and oxygen atoms in total. The van der Waals surface area contributed by atoms with Crippen molar-refractivity contribution < 1.29 is 13.5 Å². The molecule has 2 atom stereocenters. The molecule has 0 radical (unpaired) electrons. The second-order valence-corrected chi connectivity index (χ2v) is 8.19. The SMILES string of the molecule is CC1CC(C)CN(S(=O)(=O)NC2(CO)CCCC2)C1. The highest BCUT2D eigenvalue weighted by Gasteiger charge is 2.40. The Labute approximate surface area is 116 Å². The highest BCUT2D eigenvalue weighted by molar-refractivity contribution is 7.87. The molecule has 2 rings (SSSR count). The highest BCUT2D eigenvalue weighted by Crippen LogP contribution is 2.31. The Morgan fingerprint density at radius 1 is 1.21 bits per heavy atom. The summed E-state index contributed by atoms with van der Waals surface area (Å²) < 4.78 is 29.3. The van der Waals surface area contributed by atoms with Crippen LogP contribution in [0.2, 0.25) is 0 Å². The molecule has 0 spiro atoms. The maximum absolute atomic E-state index is 12.5. The maximum Gasteiger partial charge on any atom is 0.280 e. The van der Waals surface area contributed by atoms with Crippen molar-refractivity contribution in [2.45, 2.75) is 51.5 Å². The number of aliphatic hydroxyl groups is 1. The predicted molar refractivity (Wildman–Crippen MR) is 74.9 cm³/mol. The minimum absolute atomic E-state index is 0.106. The van der Waals surface area contributed by atoms with Crippen LogP contribution in [0.4, 0.5) is 0 Å². The monoisotopic (exact) mass is 290 g/mol. The van der Waals surface area contributed by atoms with Gasteiger partial charge in [-0.1, -0.05) is 26.7 Å². The lowest BCUT2D eigenvalue weighted by atomic mass is 9.94. The molecule has 2 N–H and O–H groups in total. The summed E-state index contributed by atoms with van der Waals surface area (Å²) in [5, 5.41) is 9.54. The number of piperidine rings is 1. The minimum atomic E-state index is -3.48. The standard InChI is InChI=1S/C13H26N2O3S/c1-11-7-12(2)9-15(8-11)19(17,18)14-13(10-16)5-3-4-6-13/h11-12,14,16H,3-10H2,1-2H3. The van der Waals surface area contributed by atoms with E-state index in [0.29, 0.717) is 24.9 Å². The van der Waals surface area contributed by atoms with Gasteiger partial charge in [-0.25, -0.2) is 0 Å². The molecule has 1 saturated carbocycles. The van der Waals surface area contributed by atoms with Crippen molar-refractivity contribution in [3.05, 3.63) is 0 Å². The third kappa shape index (κ3) is 3.48. The molecule has 6 heteroatoms. The second-order valence-electron chi connectivity index (χ2n) is 6.52. The summed E-state index contributed by atoms with van der Waals surface area (Å²) in [6.07, 6.45) is 4.52. The molecule has 2 aliphatic rings. The van der Waals surface area contributed by atoms with Gasteiger partial charge in [-0.3, -0.25) is 0 Å². The number of nitrogens with zero attached hydrogens (tertiary/aromatic N) is 1. The quantitative estimate of drug-likeness (QED) is 0.814. The fraction of sp³-hybridized carbons (Fsp3) is 1.00. The number of aliphatic hydroxyl groups excluding tert-OH is 1. The van der Waals surface area contributed by atoms with Crippen LogP contribution in [0.25, 0.3) is 0 Å². The predicted octanol–water partition coefficient (Wildman–Crippen LogP) is 1.10. The Kier molecular flexibility index (Phi) is 4.55. The molecule has 0 aromatic rings. The summed E-state index contributed by atoms with van der Waals surface area (Å²) >= 11 is 0. The summed E-state index contributed by atoms with van der Waals surface area (Å²) in [5.74, 6) is 0.794. The zero-order chi connectivity index (χ0) is 14.1. The molecule has 1 heterocycles. The van der Waals surface area contributed by atoms with Gasteiger partial charge in [0.15, 0.2) is 0 Å². The third-order valence-electron chi connectivity index (χ3n) is 4.38. The first-order valence-electron chi connectivity index (χ1n) is 7.27. The van der Waals surface area contributed by atoms with E-state index in [4.69, 9.17) is 0 Å². The van der Waals surface area contributed by atoms with Crippen LogP contribution >= 0.6 is 0 Å². The van der Waals surface area contributed by atoms with E-state index in [1.54, 1.807) is 4.31 Å². The molecule has 1 aliphatic carbocycles. The Morgan fingerprint density at radius 3 is 2.21 bits per heavy atom. The fourth-order valence-corrected chi connectivity index (χ4v) is 5.33. The molecule has 19 heavy (non-hydrogen) atoms. The number of hydrogen-bond acceptors (Lipinski definition) is 3. The van der Waals surface area contributed by atoms with Crippen molar-refractivity contribution in [2.24, 2.45) is 11.8 Å². The van der Waals surface area contributed by atoms with Crippen LogP contribution < -0.4 is 4.72 Å². The number of hydrogen-bond donors (Lipinski definition) is 2. The molecule has 112 valence electrons. The third-order valence-corrected chi connectivity index (χ3v) is 6.05. The summed E-state index contributed by atoms with van der Waals surface area (Å²) in [5.41, 5.74) is -0.622. The largest absolute Gasteiger partial charge is 0.394 e. The van der Waals surface area contributed by atoms with Gasteiger partial charge in [0.25, 0.3) is 10.2 Å². The maximum atomic E-state index is 12.5. The first kappa shape index (κ1) is 15.2. The van der Waals surface area contributed by atoms with Gasteiger partial charge in [0.2, 0.25) is 0 Å². The molecule has 1 saturated heterocycles. The Bertz CT molecular complexity index is 394. The molecule has 1 aliphatic heterocycles. The molecule has 2 unspecified atom stereocenters. The lowest BCUT2D eigenvalue weighted by Gasteiger charge is -2.37. The normalized spacial score (nSPS) is 32.6. The van der Waals surface area contributed by atoms with E-state index < -0.39 is 15.7 Å². The van der Waals surface area contributed by atoms with Gasteiger partial charge < -0.3 is 5.11 Å². The van der Waals surface area contributed by atoms with E-state index >= 15 is 0 Å². The molecule has 2 fully saturated rings. The van der Waals surface area contributed by atoms with Gasteiger partial charge in [-0.05, 0) is 31.1 Å². The minimum Gasteiger partial charge on any atom is -0.394 e. The van der Waals surface area contributed by atoms with Crippen molar-refractivity contribution in [1.29, 1.82) is 0 Å². The van der Waals surface area contributed by atoms with Gasteiger partial charge in [-0.15, -0.1) is 0 Å². The van der Waals surface area contributed by atoms with Crippen molar-refractivity contribution in [2.75, 3.05) is 19.7 Å². The van der Waals surface area contributed by atoms with E-state index in [2.05, 4.69) is 18.6 Å². The van der Waals surface area contributed by atoms with E-state index in [1.165, 1.54) is 0 Å². The zero-order valence-corrected chi connectivity index (χ0v) is 12.7. The van der Waals surface area contributed by atoms with Gasteiger partial charge in [0, 0.05) is 13.1 Å².